The number of aromatic nitrogens is 2. The van der Waals surface area contributed by atoms with Gasteiger partial charge in [0.25, 0.3) is 0 Å². The summed E-state index contributed by atoms with van der Waals surface area (Å²) in [6.07, 6.45) is 5.92. The second-order valence-corrected chi connectivity index (χ2v) is 7.37. The van der Waals surface area contributed by atoms with Crippen molar-refractivity contribution in [3.8, 4) is 0 Å². The van der Waals surface area contributed by atoms with Gasteiger partial charge in [-0.1, -0.05) is 0 Å². The molecule has 0 aromatic carbocycles. The molecule has 1 fully saturated rings. The monoisotopic (exact) mass is 308 g/mol. The van der Waals surface area contributed by atoms with Gasteiger partial charge in [-0.05, 0) is 44.5 Å². The third-order valence-electron chi connectivity index (χ3n) is 4.13. The number of sulfonamides is 1. The van der Waals surface area contributed by atoms with Gasteiger partial charge in [-0.15, -0.1) is 0 Å². The molecule has 1 aliphatic rings. The van der Waals surface area contributed by atoms with Gasteiger partial charge in [0.2, 0.25) is 10.0 Å². The fraction of sp³-hybridized carbons (Fsp3) is 0.500. The van der Waals surface area contributed by atoms with Crippen molar-refractivity contribution in [2.24, 2.45) is 0 Å². The predicted molar refractivity (Wildman–Crippen MR) is 81.6 cm³/mol. The summed E-state index contributed by atoms with van der Waals surface area (Å²) in [5, 5.41) is 3.96. The normalized spacial score (nSPS) is 20.8. The van der Waals surface area contributed by atoms with E-state index in [4.69, 9.17) is 0 Å². The second kappa shape index (κ2) is 5.75. The number of H-pyrrole nitrogens is 1. The summed E-state index contributed by atoms with van der Waals surface area (Å²) in [5.41, 5.74) is 0.604. The highest BCUT2D eigenvalue weighted by Crippen LogP contribution is 2.26. The summed E-state index contributed by atoms with van der Waals surface area (Å²) >= 11 is 0. The molecule has 21 heavy (non-hydrogen) atoms. The van der Waals surface area contributed by atoms with Crippen LogP contribution in [0, 0.1) is 0 Å². The van der Waals surface area contributed by atoms with Crippen LogP contribution in [0.5, 0.6) is 0 Å². The molecular weight excluding hydrogens is 288 g/mol. The Morgan fingerprint density at radius 3 is 3.05 bits per heavy atom. The maximum atomic E-state index is 12.9. The van der Waals surface area contributed by atoms with Gasteiger partial charge >= 0.3 is 0 Å². The highest BCUT2D eigenvalue weighted by molar-refractivity contribution is 7.89. The molecule has 114 valence electrons. The summed E-state index contributed by atoms with van der Waals surface area (Å²) in [6, 6.07) is 3.59. The van der Waals surface area contributed by atoms with Crippen molar-refractivity contribution in [3.05, 3.63) is 24.5 Å². The highest BCUT2D eigenvalue weighted by Gasteiger charge is 2.30. The Balaban J connectivity index is 1.95. The standard InChI is InChI=1S/C14H20N4O2S/c1-18(11-4-2-7-15-9-6-11)21(19,20)13-10-17-14-12(13)5-3-8-16-14/h3,5,8,10-11,15H,2,4,6-7,9H2,1H3,(H,16,17). The minimum atomic E-state index is -3.50. The number of nitrogens with zero attached hydrogens (tertiary/aromatic N) is 2. The average Bonchev–Trinajstić information content (AvgIpc) is 2.74. The van der Waals surface area contributed by atoms with Crippen LogP contribution in [0.2, 0.25) is 0 Å². The lowest BCUT2D eigenvalue weighted by atomic mass is 10.1. The van der Waals surface area contributed by atoms with Gasteiger partial charge in [-0.3, -0.25) is 0 Å². The largest absolute Gasteiger partial charge is 0.345 e. The maximum absolute atomic E-state index is 12.9. The predicted octanol–water partition coefficient (Wildman–Crippen LogP) is 1.33. The Hall–Kier alpha value is -1.44. The van der Waals surface area contributed by atoms with Crippen molar-refractivity contribution < 1.29 is 8.42 Å². The lowest BCUT2D eigenvalue weighted by Crippen LogP contribution is -2.37. The first-order valence-corrected chi connectivity index (χ1v) is 8.65. The molecular formula is C14H20N4O2S. The molecule has 2 aromatic heterocycles. The molecule has 0 aliphatic carbocycles. The van der Waals surface area contributed by atoms with Gasteiger partial charge in [0, 0.05) is 30.9 Å². The Bertz CT molecular complexity index is 717. The van der Waals surface area contributed by atoms with Gasteiger partial charge in [-0.25, -0.2) is 13.4 Å². The van der Waals surface area contributed by atoms with Crippen LogP contribution in [0.4, 0.5) is 0 Å². The molecule has 1 atom stereocenters. The van der Waals surface area contributed by atoms with Crippen molar-refractivity contribution >= 4 is 21.1 Å². The summed E-state index contributed by atoms with van der Waals surface area (Å²) in [7, 11) is -1.82. The van der Waals surface area contributed by atoms with Crippen molar-refractivity contribution in [1.29, 1.82) is 0 Å². The summed E-state index contributed by atoms with van der Waals surface area (Å²) in [4.78, 5) is 7.40. The number of fused-ring (bicyclic) bond motifs is 1. The fourth-order valence-electron chi connectivity index (χ4n) is 2.86. The zero-order valence-corrected chi connectivity index (χ0v) is 12.9. The van der Waals surface area contributed by atoms with E-state index >= 15 is 0 Å². The molecule has 1 aliphatic heterocycles. The molecule has 0 radical (unpaired) electrons. The van der Waals surface area contributed by atoms with Crippen molar-refractivity contribution in [1.82, 2.24) is 19.6 Å². The Kier molecular flexibility index (Phi) is 3.97. The van der Waals surface area contributed by atoms with Crippen molar-refractivity contribution in [3.63, 3.8) is 0 Å². The van der Waals surface area contributed by atoms with Crippen LogP contribution in [0.3, 0.4) is 0 Å². The van der Waals surface area contributed by atoms with E-state index in [2.05, 4.69) is 15.3 Å². The number of hydrogen-bond donors (Lipinski definition) is 2. The molecule has 6 nitrogen and oxygen atoms in total. The smallest absolute Gasteiger partial charge is 0.245 e. The van der Waals surface area contributed by atoms with E-state index in [1.807, 2.05) is 0 Å². The topological polar surface area (TPSA) is 78.1 Å². The van der Waals surface area contributed by atoms with E-state index in [-0.39, 0.29) is 6.04 Å². The lowest BCUT2D eigenvalue weighted by Gasteiger charge is -2.25. The van der Waals surface area contributed by atoms with Crippen molar-refractivity contribution in [2.75, 3.05) is 20.1 Å². The molecule has 7 heteroatoms. The Labute approximate surface area is 124 Å². The second-order valence-electron chi connectivity index (χ2n) is 5.41. The first-order valence-electron chi connectivity index (χ1n) is 7.21. The fourth-order valence-corrected chi connectivity index (χ4v) is 4.42. The van der Waals surface area contributed by atoms with Gasteiger partial charge in [0.1, 0.15) is 10.5 Å². The van der Waals surface area contributed by atoms with E-state index in [9.17, 15) is 8.42 Å². The van der Waals surface area contributed by atoms with Crippen LogP contribution in [-0.2, 0) is 10.0 Å². The van der Waals surface area contributed by atoms with E-state index < -0.39 is 10.0 Å². The Morgan fingerprint density at radius 2 is 2.19 bits per heavy atom. The molecule has 0 amide bonds. The Morgan fingerprint density at radius 1 is 1.33 bits per heavy atom. The van der Waals surface area contributed by atoms with Gasteiger partial charge in [0.15, 0.2) is 0 Å². The zero-order valence-electron chi connectivity index (χ0n) is 12.0. The van der Waals surface area contributed by atoms with Gasteiger partial charge in [-0.2, -0.15) is 4.31 Å². The number of rotatable bonds is 3. The van der Waals surface area contributed by atoms with E-state index in [1.165, 1.54) is 4.31 Å². The molecule has 0 spiro atoms. The summed E-state index contributed by atoms with van der Waals surface area (Å²) < 4.78 is 27.3. The third kappa shape index (κ3) is 2.68. The van der Waals surface area contributed by atoms with Crippen LogP contribution in [0.1, 0.15) is 19.3 Å². The van der Waals surface area contributed by atoms with E-state index in [0.29, 0.717) is 15.9 Å². The molecule has 0 bridgehead atoms. The third-order valence-corrected chi connectivity index (χ3v) is 6.08. The summed E-state index contributed by atoms with van der Waals surface area (Å²) in [6.45, 7) is 1.82. The minimum Gasteiger partial charge on any atom is -0.345 e. The van der Waals surface area contributed by atoms with Crippen molar-refractivity contribution in [2.45, 2.75) is 30.2 Å². The van der Waals surface area contributed by atoms with E-state index in [0.717, 1.165) is 32.4 Å². The van der Waals surface area contributed by atoms with Crippen LogP contribution in [-0.4, -0.2) is 48.9 Å². The van der Waals surface area contributed by atoms with Crippen LogP contribution >= 0.6 is 0 Å². The highest BCUT2D eigenvalue weighted by atomic mass is 32.2. The number of hydrogen-bond acceptors (Lipinski definition) is 4. The average molecular weight is 308 g/mol. The molecule has 3 heterocycles. The molecule has 1 unspecified atom stereocenters. The quantitative estimate of drug-likeness (QED) is 0.896. The van der Waals surface area contributed by atoms with Crippen LogP contribution < -0.4 is 5.32 Å². The lowest BCUT2D eigenvalue weighted by molar-refractivity contribution is 0.341. The van der Waals surface area contributed by atoms with Crippen LogP contribution in [0.25, 0.3) is 11.0 Å². The van der Waals surface area contributed by atoms with E-state index in [1.54, 1.807) is 31.6 Å². The summed E-state index contributed by atoms with van der Waals surface area (Å²) in [5.74, 6) is 0. The molecule has 2 aromatic rings. The molecule has 2 N–H and O–H groups in total. The number of nitrogens with one attached hydrogen (secondary N) is 2. The SMILES string of the molecule is CN(C1CCCNCC1)S(=O)(=O)c1c[nH]c2ncccc12. The molecule has 0 saturated carbocycles. The van der Waals surface area contributed by atoms with Gasteiger partial charge in [0.05, 0.1) is 0 Å². The van der Waals surface area contributed by atoms with Crippen LogP contribution in [0.15, 0.2) is 29.4 Å². The maximum Gasteiger partial charge on any atom is 0.245 e. The first-order chi connectivity index (χ1) is 10.1. The number of aromatic amines is 1. The molecule has 3 rings (SSSR count). The van der Waals surface area contributed by atoms with Gasteiger partial charge < -0.3 is 10.3 Å². The molecule has 1 saturated heterocycles. The minimum absolute atomic E-state index is 0.0478. The first kappa shape index (κ1) is 14.5. The zero-order chi connectivity index (χ0) is 14.9. The number of pyridine rings is 1.